The van der Waals surface area contributed by atoms with Crippen LogP contribution in [0.25, 0.3) is 72.4 Å². The number of fused-ring (bicyclic) bond motifs is 4. The molecule has 0 saturated carbocycles. The molecule has 0 aliphatic heterocycles. The first-order valence-corrected chi connectivity index (χ1v) is 25.9. The molecule has 0 aliphatic rings. The number of benzene rings is 6. The van der Waals surface area contributed by atoms with E-state index in [1.54, 1.807) is 12.1 Å². The van der Waals surface area contributed by atoms with Crippen molar-refractivity contribution in [2.75, 3.05) is 0 Å². The first-order chi connectivity index (χ1) is 26.5. The topological polar surface area (TPSA) is 43.9 Å². The van der Waals surface area contributed by atoms with Crippen molar-refractivity contribution in [3.8, 4) is 39.5 Å². The van der Waals surface area contributed by atoms with Crippen LogP contribution in [0.5, 0.6) is 0 Å². The van der Waals surface area contributed by atoms with Crippen molar-refractivity contribution in [2.45, 2.75) is 45.0 Å². The summed E-state index contributed by atoms with van der Waals surface area (Å²) in [5, 5.41) is 2.01. The van der Waals surface area contributed by atoms with Crippen molar-refractivity contribution in [3.05, 3.63) is 168 Å². The van der Waals surface area contributed by atoms with E-state index in [2.05, 4.69) is 95.3 Å². The van der Waals surface area contributed by atoms with Gasteiger partial charge in [-0.05, 0) is 97.5 Å². The molecule has 9 rings (SSSR count). The Morgan fingerprint density at radius 1 is 0.696 bits per heavy atom. The predicted octanol–water partition coefficient (Wildman–Crippen LogP) is 12.5. The molecule has 56 heavy (non-hydrogen) atoms. The van der Waals surface area contributed by atoms with Gasteiger partial charge in [-0.1, -0.05) is 47.3 Å². The van der Waals surface area contributed by atoms with Gasteiger partial charge in [0.1, 0.15) is 11.4 Å². The zero-order valence-electron chi connectivity index (χ0n) is 32.6. The first kappa shape index (κ1) is 39.1. The second-order valence-corrected chi connectivity index (χ2v) is 25.9. The van der Waals surface area contributed by atoms with E-state index in [1.165, 1.54) is 15.5 Å². The summed E-state index contributed by atoms with van der Waals surface area (Å²) >= 11 is -1.72. The van der Waals surface area contributed by atoms with E-state index in [9.17, 15) is 4.39 Å². The molecule has 0 bridgehead atoms. The monoisotopic (exact) mass is 974 g/mol. The van der Waals surface area contributed by atoms with Crippen LogP contribution in [-0.2, 0) is 20.1 Å². The number of para-hydroxylation sites is 3. The van der Waals surface area contributed by atoms with Gasteiger partial charge in [0.2, 0.25) is 0 Å². The molecule has 7 heteroatoms. The Labute approximate surface area is 344 Å². The van der Waals surface area contributed by atoms with E-state index in [0.717, 1.165) is 83.6 Å². The van der Waals surface area contributed by atoms with E-state index in [-0.39, 0.29) is 25.9 Å². The molecule has 0 saturated heterocycles. The number of aryl methyl sites for hydroxylation is 4. The number of pyridine rings is 1. The molecule has 0 unspecified atom stereocenters. The van der Waals surface area contributed by atoms with Crippen molar-refractivity contribution in [1.82, 2.24) is 14.5 Å². The van der Waals surface area contributed by atoms with Crippen molar-refractivity contribution in [3.63, 3.8) is 0 Å². The van der Waals surface area contributed by atoms with Crippen LogP contribution in [0, 0.1) is 45.6 Å². The fourth-order valence-electron chi connectivity index (χ4n) is 7.56. The molecule has 0 spiro atoms. The second-order valence-electron chi connectivity index (χ2n) is 15.3. The van der Waals surface area contributed by atoms with Crippen LogP contribution < -0.4 is 4.40 Å². The van der Waals surface area contributed by atoms with Gasteiger partial charge in [-0.2, -0.15) is 0 Å². The maximum atomic E-state index is 14.0. The third-order valence-electron chi connectivity index (χ3n) is 10.3. The zero-order chi connectivity index (χ0) is 38.4. The molecule has 4 nitrogen and oxygen atoms in total. The Morgan fingerprint density at radius 2 is 1.43 bits per heavy atom. The number of hydrogen-bond acceptors (Lipinski definition) is 3. The van der Waals surface area contributed by atoms with Gasteiger partial charge in [-0.3, -0.25) is 4.98 Å². The third-order valence-corrected chi connectivity index (χ3v) is 14.5. The van der Waals surface area contributed by atoms with Crippen molar-refractivity contribution >= 4 is 50.6 Å². The summed E-state index contributed by atoms with van der Waals surface area (Å²) < 4.78 is 24.2. The van der Waals surface area contributed by atoms with Crippen LogP contribution in [0.4, 0.5) is 4.39 Å². The van der Waals surface area contributed by atoms with Crippen molar-refractivity contribution in [2.24, 2.45) is 0 Å². The molecule has 3 heterocycles. The van der Waals surface area contributed by atoms with Gasteiger partial charge in [-0.25, -0.2) is 4.39 Å². The normalized spacial score (nSPS) is 11.4. The number of furan rings is 1. The first-order valence-electron chi connectivity index (χ1n) is 18.6. The van der Waals surface area contributed by atoms with Gasteiger partial charge >= 0.3 is 99.8 Å². The quantitative estimate of drug-likeness (QED) is 0.127. The summed E-state index contributed by atoms with van der Waals surface area (Å²) in [4.78, 5) is 9.63. The van der Waals surface area contributed by atoms with Gasteiger partial charge in [0.05, 0.1) is 22.4 Å². The number of nitrogens with zero attached hydrogens (tertiary/aromatic N) is 3. The summed E-state index contributed by atoms with van der Waals surface area (Å²) in [5.41, 5.74) is 13.8. The Hall–Kier alpha value is -5.14. The molecule has 0 N–H and O–H groups in total. The minimum absolute atomic E-state index is 0. The minimum atomic E-state index is -1.72. The summed E-state index contributed by atoms with van der Waals surface area (Å²) in [6, 6.07) is 46.9. The number of aromatic nitrogens is 3. The molecule has 0 atom stereocenters. The summed E-state index contributed by atoms with van der Waals surface area (Å²) in [7, 11) is 0. The van der Waals surface area contributed by atoms with E-state index in [1.807, 2.05) is 86.8 Å². The van der Waals surface area contributed by atoms with E-state index >= 15 is 0 Å². The predicted molar refractivity (Wildman–Crippen MR) is 228 cm³/mol. The third kappa shape index (κ3) is 7.42. The molecular formula is C49H42FGeIrN3O-2. The van der Waals surface area contributed by atoms with E-state index in [4.69, 9.17) is 9.40 Å². The molecule has 0 aliphatic carbocycles. The van der Waals surface area contributed by atoms with Crippen LogP contribution in [0.15, 0.2) is 132 Å². The van der Waals surface area contributed by atoms with E-state index < -0.39 is 13.3 Å². The maximum absolute atomic E-state index is 14.0. The van der Waals surface area contributed by atoms with Crippen LogP contribution in [0.2, 0.25) is 17.3 Å². The molecule has 1 radical (unpaired) electrons. The smallest absolute Gasteiger partial charge is 0 e. The molecule has 0 fully saturated rings. The summed E-state index contributed by atoms with van der Waals surface area (Å²) in [5.74, 6) is 7.72. The molecular weight excluding hydrogens is 930 g/mol. The largest absolute Gasteiger partial charge is 0 e. The van der Waals surface area contributed by atoms with Gasteiger partial charge in [-0.15, -0.1) is 18.2 Å². The van der Waals surface area contributed by atoms with Crippen LogP contribution >= 0.6 is 0 Å². The van der Waals surface area contributed by atoms with Crippen molar-refractivity contribution in [1.29, 1.82) is 0 Å². The van der Waals surface area contributed by atoms with Crippen LogP contribution in [0.3, 0.4) is 0 Å². The van der Waals surface area contributed by atoms with Crippen LogP contribution in [-0.4, -0.2) is 27.8 Å². The zero-order valence-corrected chi connectivity index (χ0v) is 37.1. The number of hydrogen-bond donors (Lipinski definition) is 0. The summed E-state index contributed by atoms with van der Waals surface area (Å²) in [6.07, 6.45) is 2.04. The maximum Gasteiger partial charge on any atom is 0 e. The Kier molecular flexibility index (Phi) is 11.0. The fourth-order valence-corrected chi connectivity index (χ4v) is 9.73. The molecule has 3 aromatic heterocycles. The SMILES string of the molecule is Cc1cc(F)cc(C)c1-c1ccc2oc3c(-c4nc5ccccc5n4-c4c(C)cccc4C)[c-]ccc3c2c1.[CH3][Ge]([CH3])([CH3])[c]1ccc(-c2[c-]cccc2)nc1.[Ir]. The number of halogens is 1. The molecule has 9 aromatic rings. The van der Waals surface area contributed by atoms with Gasteiger partial charge in [0.15, 0.2) is 0 Å². The summed E-state index contributed by atoms with van der Waals surface area (Å²) in [6.45, 7) is 8.17. The minimum Gasteiger partial charge on any atom is 0 e. The Bertz CT molecular complexity index is 2810. The van der Waals surface area contributed by atoms with Gasteiger partial charge in [0.25, 0.3) is 0 Å². The average Bonchev–Trinajstić information content (AvgIpc) is 3.73. The van der Waals surface area contributed by atoms with Crippen LogP contribution in [0.1, 0.15) is 22.3 Å². The fraction of sp³-hybridized carbons (Fsp3) is 0.143. The van der Waals surface area contributed by atoms with Crippen molar-refractivity contribution < 1.29 is 28.9 Å². The standard InChI is InChI=1S/C35H26FN2O.C14H16GeN.Ir/c1-20-9-7-10-21(2)33(20)38-30-14-6-5-13-29(30)37-35(38)27-12-8-11-26-28-19-24(15-16-31(28)39-34(26)27)32-22(3)17-25(36)18-23(32)4;1-15(2,3)13-9-10-14(16-11-13)12-7-5-4-6-8-12;/h5-11,13-19H,1-4H3;4-7,9-11H,1-3H3;/q2*-1;. The Balaban J connectivity index is 0.000000238. The Morgan fingerprint density at radius 3 is 2.11 bits per heavy atom. The second kappa shape index (κ2) is 15.8. The molecule has 0 amide bonds. The number of imidazole rings is 1. The molecule has 6 aromatic carbocycles. The van der Waals surface area contributed by atoms with Gasteiger partial charge < -0.3 is 8.98 Å². The van der Waals surface area contributed by atoms with Gasteiger partial charge in [0, 0.05) is 31.2 Å². The van der Waals surface area contributed by atoms with E-state index in [0.29, 0.717) is 0 Å². The average molecular weight is 973 g/mol. The number of rotatable bonds is 5. The molecule has 281 valence electrons.